The highest BCUT2D eigenvalue weighted by Crippen LogP contribution is 2.17. The van der Waals surface area contributed by atoms with Crippen molar-refractivity contribution in [2.24, 2.45) is 0 Å². The van der Waals surface area contributed by atoms with Crippen LogP contribution in [0.1, 0.15) is 329 Å². The van der Waals surface area contributed by atoms with E-state index in [1.165, 1.54) is 193 Å². The molecule has 0 rings (SSSR count). The first-order valence-corrected chi connectivity index (χ1v) is 33.1. The van der Waals surface area contributed by atoms with Crippen LogP contribution < -0.4 is 0 Å². The van der Waals surface area contributed by atoms with Crippen molar-refractivity contribution in [3.8, 4) is 0 Å². The number of hydrogen-bond donors (Lipinski definition) is 0. The summed E-state index contributed by atoms with van der Waals surface area (Å²) in [5.74, 6) is -0.934. The molecule has 0 N–H and O–H groups in total. The molecule has 0 bridgehead atoms. The molecule has 0 aliphatic heterocycles. The maximum absolute atomic E-state index is 12.9. The quantitative estimate of drug-likeness (QED) is 0.0261. The molecule has 0 aliphatic carbocycles. The summed E-state index contributed by atoms with van der Waals surface area (Å²) in [6, 6.07) is 0. The SMILES string of the molecule is CC/C=C\C/C=C\C/C=C\C/C=C\C/C=C\C/C=C\C/C=C\CCCC(=O)OCC(COC(=O)CCCCCCCCCCCCCCCCC)OC(=O)CCCCCCCCCCCCCCCCCCCCCCC. The minimum atomic E-state index is -0.798. The third-order valence-electron chi connectivity index (χ3n) is 14.4. The number of rotatable bonds is 60. The normalized spacial score (nSPS) is 12.6. The smallest absolute Gasteiger partial charge is 0.306 e. The van der Waals surface area contributed by atoms with E-state index < -0.39 is 6.10 Å². The maximum atomic E-state index is 12.9. The Labute approximate surface area is 477 Å². The van der Waals surface area contributed by atoms with Crippen molar-refractivity contribution < 1.29 is 28.6 Å². The third kappa shape index (κ3) is 63.3. The van der Waals surface area contributed by atoms with Crippen LogP contribution in [0.2, 0.25) is 0 Å². The van der Waals surface area contributed by atoms with Crippen LogP contribution in [0.25, 0.3) is 0 Å². The molecule has 0 radical (unpaired) electrons. The Hall–Kier alpha value is -3.41. The Bertz CT molecular complexity index is 1470. The van der Waals surface area contributed by atoms with E-state index in [-0.39, 0.29) is 37.5 Å². The lowest BCUT2D eigenvalue weighted by atomic mass is 10.0. The lowest BCUT2D eigenvalue weighted by molar-refractivity contribution is -0.167. The zero-order valence-corrected chi connectivity index (χ0v) is 51.0. The number of unbranched alkanes of at least 4 members (excludes halogenated alkanes) is 35. The first kappa shape index (κ1) is 73.6. The van der Waals surface area contributed by atoms with Crippen LogP contribution in [0.3, 0.4) is 0 Å². The van der Waals surface area contributed by atoms with E-state index in [1.807, 2.05) is 0 Å². The Kier molecular flexibility index (Phi) is 62.2. The minimum absolute atomic E-state index is 0.0900. The molecule has 0 fully saturated rings. The van der Waals surface area contributed by atoms with Crippen LogP contribution in [0.4, 0.5) is 0 Å². The number of esters is 3. The molecule has 444 valence electrons. The Balaban J connectivity index is 4.42. The fourth-order valence-electron chi connectivity index (χ4n) is 9.49. The van der Waals surface area contributed by atoms with Gasteiger partial charge in [-0.1, -0.05) is 324 Å². The van der Waals surface area contributed by atoms with E-state index in [0.717, 1.165) is 89.9 Å². The van der Waals surface area contributed by atoms with Crippen molar-refractivity contribution in [2.45, 2.75) is 335 Å². The zero-order chi connectivity index (χ0) is 55.7. The lowest BCUT2D eigenvalue weighted by Crippen LogP contribution is -2.30. The molecule has 1 unspecified atom stereocenters. The van der Waals surface area contributed by atoms with E-state index in [9.17, 15) is 14.4 Å². The van der Waals surface area contributed by atoms with E-state index in [0.29, 0.717) is 19.3 Å². The predicted molar refractivity (Wildman–Crippen MR) is 334 cm³/mol. The van der Waals surface area contributed by atoms with Crippen LogP contribution >= 0.6 is 0 Å². The van der Waals surface area contributed by atoms with E-state index >= 15 is 0 Å². The average molecular weight is 1070 g/mol. The monoisotopic (exact) mass is 1070 g/mol. The van der Waals surface area contributed by atoms with Crippen LogP contribution in [0.15, 0.2) is 85.1 Å². The second kappa shape index (κ2) is 65.1. The van der Waals surface area contributed by atoms with Gasteiger partial charge in [0.25, 0.3) is 0 Å². The summed E-state index contributed by atoms with van der Waals surface area (Å²) in [5.41, 5.74) is 0. The largest absolute Gasteiger partial charge is 0.462 e. The van der Waals surface area contributed by atoms with Crippen molar-refractivity contribution in [2.75, 3.05) is 13.2 Å². The number of ether oxygens (including phenoxy) is 3. The van der Waals surface area contributed by atoms with E-state index in [4.69, 9.17) is 14.2 Å². The summed E-state index contributed by atoms with van der Waals surface area (Å²) in [6.45, 7) is 6.53. The van der Waals surface area contributed by atoms with Gasteiger partial charge in [0, 0.05) is 19.3 Å². The molecule has 77 heavy (non-hydrogen) atoms. The minimum Gasteiger partial charge on any atom is -0.462 e. The molecular weight excluding hydrogens is 949 g/mol. The van der Waals surface area contributed by atoms with Gasteiger partial charge in [-0.05, 0) is 70.6 Å². The third-order valence-corrected chi connectivity index (χ3v) is 14.4. The molecule has 6 nitrogen and oxygen atoms in total. The van der Waals surface area contributed by atoms with Gasteiger partial charge in [-0.2, -0.15) is 0 Å². The van der Waals surface area contributed by atoms with Crippen LogP contribution in [0.5, 0.6) is 0 Å². The van der Waals surface area contributed by atoms with E-state index in [1.54, 1.807) is 0 Å². The Morgan fingerprint density at radius 1 is 0.273 bits per heavy atom. The predicted octanol–water partition coefficient (Wildman–Crippen LogP) is 22.7. The van der Waals surface area contributed by atoms with Crippen molar-refractivity contribution in [1.29, 1.82) is 0 Å². The molecule has 0 amide bonds. The highest BCUT2D eigenvalue weighted by atomic mass is 16.6. The van der Waals surface area contributed by atoms with Crippen molar-refractivity contribution in [3.05, 3.63) is 85.1 Å². The van der Waals surface area contributed by atoms with Crippen molar-refractivity contribution in [3.63, 3.8) is 0 Å². The molecule has 0 heterocycles. The number of carbonyl (C=O) groups is 3. The maximum Gasteiger partial charge on any atom is 0.306 e. The molecular formula is C71H124O6. The summed E-state index contributed by atoms with van der Waals surface area (Å²) in [6.07, 6.45) is 86.0. The van der Waals surface area contributed by atoms with Crippen molar-refractivity contribution >= 4 is 17.9 Å². The summed E-state index contributed by atoms with van der Waals surface area (Å²) in [7, 11) is 0. The molecule has 0 aromatic rings. The molecule has 0 aromatic heterocycles. The summed E-state index contributed by atoms with van der Waals surface area (Å²) in [4.78, 5) is 38.3. The van der Waals surface area contributed by atoms with Gasteiger partial charge in [-0.3, -0.25) is 14.4 Å². The zero-order valence-electron chi connectivity index (χ0n) is 51.0. The van der Waals surface area contributed by atoms with Gasteiger partial charge >= 0.3 is 17.9 Å². The van der Waals surface area contributed by atoms with E-state index in [2.05, 4.69) is 106 Å². The van der Waals surface area contributed by atoms with Crippen molar-refractivity contribution in [1.82, 2.24) is 0 Å². The standard InChI is InChI=1S/C71H124O6/c1-4-7-10-13-16-19-22-25-28-30-32-34-35-37-38-40-43-46-49-52-55-58-61-64-70(73)76-67-68(66-75-69(72)63-60-57-54-51-48-45-42-27-24-21-18-15-12-9-6-3)77-71(74)65-62-59-56-53-50-47-44-41-39-36-33-31-29-26-23-20-17-14-11-8-5-2/h7,10,16,19,25,28,32,34,37-38,43,46,52,55,68H,4-6,8-9,11-15,17-18,20-24,26-27,29-31,33,35-36,39-42,44-45,47-51,53-54,56-67H2,1-3H3/b10-7-,19-16-,28-25-,34-32-,38-37-,46-43-,55-52-. The first-order valence-electron chi connectivity index (χ1n) is 33.1. The first-order chi connectivity index (χ1) is 38.0. The number of carbonyl (C=O) groups excluding carboxylic acids is 3. The van der Waals surface area contributed by atoms with Gasteiger partial charge in [0.05, 0.1) is 0 Å². The summed E-state index contributed by atoms with van der Waals surface area (Å²) >= 11 is 0. The Morgan fingerprint density at radius 3 is 0.792 bits per heavy atom. The molecule has 1 atom stereocenters. The second-order valence-corrected chi connectivity index (χ2v) is 22.0. The van der Waals surface area contributed by atoms with Crippen LogP contribution in [0, 0.1) is 0 Å². The summed E-state index contributed by atoms with van der Waals surface area (Å²) < 4.78 is 16.9. The number of hydrogen-bond acceptors (Lipinski definition) is 6. The molecule has 0 saturated heterocycles. The summed E-state index contributed by atoms with van der Waals surface area (Å²) in [5, 5.41) is 0. The molecule has 0 aliphatic rings. The molecule has 0 aromatic carbocycles. The van der Waals surface area contributed by atoms with Gasteiger partial charge in [-0.25, -0.2) is 0 Å². The lowest BCUT2D eigenvalue weighted by Gasteiger charge is -2.18. The molecule has 6 heteroatoms. The fourth-order valence-corrected chi connectivity index (χ4v) is 9.49. The van der Waals surface area contributed by atoms with Gasteiger partial charge < -0.3 is 14.2 Å². The van der Waals surface area contributed by atoms with Gasteiger partial charge in [-0.15, -0.1) is 0 Å². The van der Waals surface area contributed by atoms with Gasteiger partial charge in [0.1, 0.15) is 13.2 Å². The topological polar surface area (TPSA) is 78.9 Å². The molecule has 0 saturated carbocycles. The molecule has 0 spiro atoms. The Morgan fingerprint density at radius 2 is 0.506 bits per heavy atom. The van der Waals surface area contributed by atoms with Gasteiger partial charge in [0.2, 0.25) is 0 Å². The van der Waals surface area contributed by atoms with Gasteiger partial charge in [0.15, 0.2) is 6.10 Å². The highest BCUT2D eigenvalue weighted by molar-refractivity contribution is 5.71. The average Bonchev–Trinajstić information content (AvgIpc) is 3.43. The second-order valence-electron chi connectivity index (χ2n) is 22.0. The highest BCUT2D eigenvalue weighted by Gasteiger charge is 2.19. The van der Waals surface area contributed by atoms with Crippen LogP contribution in [-0.2, 0) is 28.6 Å². The van der Waals surface area contributed by atoms with Crippen LogP contribution in [-0.4, -0.2) is 37.2 Å². The number of allylic oxidation sites excluding steroid dienone is 14. The fraction of sp³-hybridized carbons (Fsp3) is 0.761.